The van der Waals surface area contributed by atoms with Gasteiger partial charge in [-0.2, -0.15) is 8.78 Å². The Balaban J connectivity index is 1.72. The maximum atomic E-state index is 12.0. The van der Waals surface area contributed by atoms with E-state index in [2.05, 4.69) is 10.1 Å². The van der Waals surface area contributed by atoms with Gasteiger partial charge in [-0.1, -0.05) is 18.6 Å². The number of amides is 1. The molecule has 3 nitrogen and oxygen atoms in total. The fraction of sp³-hybridized carbons (Fsp3) is 0.500. The number of hydrogen-bond acceptors (Lipinski definition) is 2. The molecule has 19 heavy (non-hydrogen) atoms. The second kappa shape index (κ2) is 6.50. The number of rotatable bonds is 6. The molecule has 5 heteroatoms. The number of halogens is 2. The molecule has 0 aromatic heterocycles. The van der Waals surface area contributed by atoms with Crippen molar-refractivity contribution >= 4 is 5.91 Å². The smallest absolute Gasteiger partial charge is 0.387 e. The van der Waals surface area contributed by atoms with Crippen molar-refractivity contribution in [2.75, 3.05) is 6.54 Å². The highest BCUT2D eigenvalue weighted by Gasteiger charge is 2.24. The van der Waals surface area contributed by atoms with E-state index in [1.165, 1.54) is 12.1 Å². The van der Waals surface area contributed by atoms with Crippen LogP contribution in [0, 0.1) is 5.92 Å². The van der Waals surface area contributed by atoms with Gasteiger partial charge in [0.1, 0.15) is 5.75 Å². The number of carbonyl (C=O) groups is 1. The summed E-state index contributed by atoms with van der Waals surface area (Å²) >= 11 is 0. The summed E-state index contributed by atoms with van der Waals surface area (Å²) in [7, 11) is 0. The molecule has 104 valence electrons. The van der Waals surface area contributed by atoms with E-state index in [9.17, 15) is 13.6 Å². The van der Waals surface area contributed by atoms with E-state index in [1.54, 1.807) is 12.1 Å². The molecule has 1 aromatic rings. The molecular weight excluding hydrogens is 252 g/mol. The molecule has 1 N–H and O–H groups in total. The molecule has 0 aliphatic heterocycles. The van der Waals surface area contributed by atoms with Crippen LogP contribution in [0.1, 0.15) is 24.8 Å². The highest BCUT2D eigenvalue weighted by molar-refractivity contribution is 5.79. The summed E-state index contributed by atoms with van der Waals surface area (Å²) < 4.78 is 28.2. The maximum Gasteiger partial charge on any atom is 0.387 e. The van der Waals surface area contributed by atoms with Crippen LogP contribution in [0.4, 0.5) is 8.78 Å². The van der Waals surface area contributed by atoms with E-state index >= 15 is 0 Å². The van der Waals surface area contributed by atoms with Crippen LogP contribution < -0.4 is 10.1 Å². The van der Waals surface area contributed by atoms with Gasteiger partial charge in [0.05, 0.1) is 0 Å². The first-order chi connectivity index (χ1) is 9.15. The summed E-state index contributed by atoms with van der Waals surface area (Å²) in [5, 5.41) is 2.89. The summed E-state index contributed by atoms with van der Waals surface area (Å²) in [4.78, 5) is 11.6. The van der Waals surface area contributed by atoms with Crippen LogP contribution in [-0.4, -0.2) is 19.1 Å². The third-order valence-electron chi connectivity index (χ3n) is 3.34. The van der Waals surface area contributed by atoms with Crippen molar-refractivity contribution in [1.29, 1.82) is 0 Å². The highest BCUT2D eigenvalue weighted by Crippen LogP contribution is 2.26. The Kier molecular flexibility index (Phi) is 4.71. The van der Waals surface area contributed by atoms with E-state index in [4.69, 9.17) is 0 Å². The van der Waals surface area contributed by atoms with Gasteiger partial charge in [-0.15, -0.1) is 0 Å². The lowest BCUT2D eigenvalue weighted by Gasteiger charge is -2.24. The lowest BCUT2D eigenvalue weighted by molar-refractivity contribution is -0.127. The molecular formula is C14H17F2NO2. The Morgan fingerprint density at radius 2 is 2.00 bits per heavy atom. The monoisotopic (exact) mass is 269 g/mol. The van der Waals surface area contributed by atoms with Gasteiger partial charge >= 0.3 is 6.61 Å². The minimum Gasteiger partial charge on any atom is -0.435 e. The van der Waals surface area contributed by atoms with Crippen LogP contribution in [0.25, 0.3) is 0 Å². The quantitative estimate of drug-likeness (QED) is 0.862. The lowest BCUT2D eigenvalue weighted by Crippen LogP contribution is -2.35. The number of ether oxygens (including phenoxy) is 1. The zero-order valence-corrected chi connectivity index (χ0v) is 10.6. The summed E-state index contributed by atoms with van der Waals surface area (Å²) in [5.74, 6) is 0.475. The third kappa shape index (κ3) is 4.19. The Morgan fingerprint density at radius 1 is 1.32 bits per heavy atom. The molecule has 0 spiro atoms. The van der Waals surface area contributed by atoms with Gasteiger partial charge in [0, 0.05) is 12.5 Å². The SMILES string of the molecule is O=C(NCCc1ccc(OC(F)F)cc1)C1CCC1. The Morgan fingerprint density at radius 3 is 2.53 bits per heavy atom. The number of carbonyl (C=O) groups excluding carboxylic acids is 1. The predicted octanol–water partition coefficient (Wildman–Crippen LogP) is 2.75. The average molecular weight is 269 g/mol. The van der Waals surface area contributed by atoms with Gasteiger partial charge in [-0.05, 0) is 37.0 Å². The van der Waals surface area contributed by atoms with Crippen LogP contribution >= 0.6 is 0 Å². The fourth-order valence-corrected chi connectivity index (χ4v) is 1.98. The molecule has 1 saturated carbocycles. The lowest BCUT2D eigenvalue weighted by atomic mass is 9.85. The van der Waals surface area contributed by atoms with E-state index in [0.717, 1.165) is 24.8 Å². The molecule has 0 radical (unpaired) electrons. The normalized spacial score (nSPS) is 15.1. The average Bonchev–Trinajstić information content (AvgIpc) is 2.28. The van der Waals surface area contributed by atoms with Crippen molar-refractivity contribution in [2.45, 2.75) is 32.3 Å². The molecule has 1 amide bonds. The topological polar surface area (TPSA) is 38.3 Å². The summed E-state index contributed by atoms with van der Waals surface area (Å²) in [6, 6.07) is 6.48. The van der Waals surface area contributed by atoms with Crippen molar-refractivity contribution in [3.63, 3.8) is 0 Å². The molecule has 0 heterocycles. The number of nitrogens with one attached hydrogen (secondary N) is 1. The van der Waals surface area contributed by atoms with Crippen LogP contribution in [0.2, 0.25) is 0 Å². The van der Waals surface area contributed by atoms with Gasteiger partial charge in [0.25, 0.3) is 0 Å². The van der Waals surface area contributed by atoms with Crippen molar-refractivity contribution in [1.82, 2.24) is 5.32 Å². The third-order valence-corrected chi connectivity index (χ3v) is 3.34. The standard InChI is InChI=1S/C14H17F2NO2/c15-14(16)19-12-6-4-10(5-7-12)8-9-17-13(18)11-2-1-3-11/h4-7,11,14H,1-3,8-9H2,(H,17,18). The van der Waals surface area contributed by atoms with E-state index < -0.39 is 6.61 Å². The summed E-state index contributed by atoms with van der Waals surface area (Å²) in [6.07, 6.45) is 3.81. The Labute approximate surface area is 111 Å². The first-order valence-electron chi connectivity index (χ1n) is 6.46. The zero-order chi connectivity index (χ0) is 13.7. The van der Waals surface area contributed by atoms with Crippen LogP contribution in [0.15, 0.2) is 24.3 Å². The molecule has 1 aromatic carbocycles. The molecule has 1 aliphatic carbocycles. The van der Waals surface area contributed by atoms with Gasteiger partial charge in [0.15, 0.2) is 0 Å². The second-order valence-electron chi connectivity index (χ2n) is 4.69. The minimum atomic E-state index is -2.80. The zero-order valence-electron chi connectivity index (χ0n) is 10.6. The summed E-state index contributed by atoms with van der Waals surface area (Å²) in [5.41, 5.74) is 0.982. The van der Waals surface area contributed by atoms with Crippen LogP contribution in [-0.2, 0) is 11.2 Å². The molecule has 0 saturated heterocycles. The van der Waals surface area contributed by atoms with Crippen molar-refractivity contribution in [3.05, 3.63) is 29.8 Å². The first kappa shape index (κ1) is 13.8. The van der Waals surface area contributed by atoms with Gasteiger partial charge < -0.3 is 10.1 Å². The van der Waals surface area contributed by atoms with E-state index in [1.807, 2.05) is 0 Å². The largest absolute Gasteiger partial charge is 0.435 e. The van der Waals surface area contributed by atoms with Crippen LogP contribution in [0.3, 0.4) is 0 Å². The van der Waals surface area contributed by atoms with Crippen LogP contribution in [0.5, 0.6) is 5.75 Å². The maximum absolute atomic E-state index is 12.0. The Hall–Kier alpha value is -1.65. The van der Waals surface area contributed by atoms with Crippen molar-refractivity contribution in [3.8, 4) is 5.75 Å². The molecule has 0 atom stereocenters. The highest BCUT2D eigenvalue weighted by atomic mass is 19.3. The van der Waals surface area contributed by atoms with Gasteiger partial charge in [-0.3, -0.25) is 4.79 Å². The van der Waals surface area contributed by atoms with Crippen molar-refractivity contribution < 1.29 is 18.3 Å². The predicted molar refractivity (Wildman–Crippen MR) is 67.1 cm³/mol. The van der Waals surface area contributed by atoms with E-state index in [-0.39, 0.29) is 17.6 Å². The van der Waals surface area contributed by atoms with Gasteiger partial charge in [0.2, 0.25) is 5.91 Å². The molecule has 0 bridgehead atoms. The van der Waals surface area contributed by atoms with Gasteiger partial charge in [-0.25, -0.2) is 0 Å². The molecule has 1 fully saturated rings. The molecule has 1 aliphatic rings. The molecule has 2 rings (SSSR count). The van der Waals surface area contributed by atoms with Crippen molar-refractivity contribution in [2.24, 2.45) is 5.92 Å². The fourth-order valence-electron chi connectivity index (χ4n) is 1.98. The number of benzene rings is 1. The summed E-state index contributed by atoms with van der Waals surface area (Å²) in [6.45, 7) is -2.22. The number of hydrogen-bond donors (Lipinski definition) is 1. The molecule has 0 unspecified atom stereocenters. The van der Waals surface area contributed by atoms with E-state index in [0.29, 0.717) is 13.0 Å². The second-order valence-corrected chi connectivity index (χ2v) is 4.69. The minimum absolute atomic E-state index is 0.129. The first-order valence-corrected chi connectivity index (χ1v) is 6.46. The number of alkyl halides is 2. The Bertz CT molecular complexity index is 416.